The van der Waals surface area contributed by atoms with Gasteiger partial charge in [0.25, 0.3) is 5.91 Å². The first kappa shape index (κ1) is 29.6. The number of urea groups is 1. The highest BCUT2D eigenvalue weighted by Crippen LogP contribution is 2.33. The predicted octanol–water partition coefficient (Wildman–Crippen LogP) is 5.40. The lowest BCUT2D eigenvalue weighted by Gasteiger charge is -2.34. The fourth-order valence-electron chi connectivity index (χ4n) is 6.84. The molecule has 0 spiro atoms. The van der Waals surface area contributed by atoms with Crippen molar-refractivity contribution in [2.45, 2.75) is 71.4 Å². The molecule has 3 aliphatic rings. The third-order valence-electron chi connectivity index (χ3n) is 9.73. The fraction of sp³-hybridized carbons (Fsp3) is 0.559. The topological polar surface area (TPSA) is 73.7 Å². The van der Waals surface area contributed by atoms with E-state index in [2.05, 4.69) is 28.3 Å². The van der Waals surface area contributed by atoms with Crippen molar-refractivity contribution >= 4 is 22.8 Å². The van der Waals surface area contributed by atoms with E-state index in [4.69, 9.17) is 0 Å². The molecule has 1 aromatic carbocycles. The number of amides is 3. The first-order valence-electron chi connectivity index (χ1n) is 16.0. The lowest BCUT2D eigenvalue weighted by Crippen LogP contribution is -2.46. The third kappa shape index (κ3) is 6.42. The summed E-state index contributed by atoms with van der Waals surface area (Å²) >= 11 is 0. The maximum absolute atomic E-state index is 14.4. The zero-order valence-electron chi connectivity index (χ0n) is 26.0. The Morgan fingerprint density at radius 3 is 2.53 bits per heavy atom. The van der Waals surface area contributed by atoms with Crippen molar-refractivity contribution in [3.63, 3.8) is 0 Å². The van der Waals surface area contributed by atoms with Crippen LogP contribution in [-0.4, -0.2) is 88.0 Å². The van der Waals surface area contributed by atoms with Crippen LogP contribution >= 0.6 is 0 Å². The Bertz CT molecular complexity index is 1490. The highest BCUT2D eigenvalue weighted by molar-refractivity contribution is 5.99. The minimum Gasteiger partial charge on any atom is -0.339 e. The van der Waals surface area contributed by atoms with Crippen LogP contribution in [0.1, 0.15) is 67.4 Å². The minimum absolute atomic E-state index is 0.00539. The molecule has 0 radical (unpaired) electrons. The molecule has 6 rings (SSSR count). The highest BCUT2D eigenvalue weighted by atomic mass is 19.1. The van der Waals surface area contributed by atoms with Crippen LogP contribution in [0.3, 0.4) is 0 Å². The van der Waals surface area contributed by atoms with Gasteiger partial charge in [-0.2, -0.15) is 0 Å². The summed E-state index contributed by atoms with van der Waals surface area (Å²) in [5, 5.41) is 4.30. The predicted molar refractivity (Wildman–Crippen MR) is 167 cm³/mol. The number of aromatic nitrogens is 2. The van der Waals surface area contributed by atoms with E-state index in [1.807, 2.05) is 35.7 Å². The molecule has 43 heavy (non-hydrogen) atoms. The summed E-state index contributed by atoms with van der Waals surface area (Å²) < 4.78 is 16.5. The molecule has 230 valence electrons. The van der Waals surface area contributed by atoms with Gasteiger partial charge in [0.1, 0.15) is 5.82 Å². The maximum atomic E-state index is 14.4. The summed E-state index contributed by atoms with van der Waals surface area (Å²) in [6.45, 7) is 11.0. The molecule has 1 aliphatic carbocycles. The number of hydrogen-bond acceptors (Lipinski definition) is 4. The second-order valence-corrected chi connectivity index (χ2v) is 13.3. The van der Waals surface area contributed by atoms with Crippen LogP contribution in [0.15, 0.2) is 36.8 Å². The number of piperidine rings is 1. The van der Waals surface area contributed by atoms with E-state index in [1.54, 1.807) is 18.0 Å². The van der Waals surface area contributed by atoms with Crippen molar-refractivity contribution < 1.29 is 14.0 Å². The van der Waals surface area contributed by atoms with Crippen LogP contribution in [0.2, 0.25) is 0 Å². The quantitative estimate of drug-likeness (QED) is 0.383. The number of benzene rings is 1. The molecule has 0 unspecified atom stereocenters. The van der Waals surface area contributed by atoms with Gasteiger partial charge in [-0.3, -0.25) is 9.78 Å². The lowest BCUT2D eigenvalue weighted by molar-refractivity contribution is 0.0754. The van der Waals surface area contributed by atoms with Gasteiger partial charge in [0, 0.05) is 63.1 Å². The van der Waals surface area contributed by atoms with Crippen molar-refractivity contribution in [3.8, 4) is 5.69 Å². The van der Waals surface area contributed by atoms with Gasteiger partial charge in [-0.25, -0.2) is 9.18 Å². The van der Waals surface area contributed by atoms with Crippen LogP contribution in [0.5, 0.6) is 0 Å². The summed E-state index contributed by atoms with van der Waals surface area (Å²) in [6, 6.07) is 5.01. The molecule has 3 amide bonds. The lowest BCUT2D eigenvalue weighted by atomic mass is 9.96. The van der Waals surface area contributed by atoms with Crippen molar-refractivity contribution in [2.24, 2.45) is 11.8 Å². The molecule has 0 bridgehead atoms. The van der Waals surface area contributed by atoms with Crippen molar-refractivity contribution in [1.29, 1.82) is 0 Å². The number of aryl methyl sites for hydroxylation is 1. The first-order valence-corrected chi connectivity index (χ1v) is 16.0. The van der Waals surface area contributed by atoms with Gasteiger partial charge >= 0.3 is 6.03 Å². The largest absolute Gasteiger partial charge is 0.339 e. The number of hydrogen-bond donors (Lipinski definition) is 1. The average Bonchev–Trinajstić information content (AvgIpc) is 3.58. The number of halogens is 1. The van der Waals surface area contributed by atoms with Gasteiger partial charge in [-0.1, -0.05) is 0 Å². The van der Waals surface area contributed by atoms with Crippen LogP contribution in [-0.2, 0) is 6.42 Å². The van der Waals surface area contributed by atoms with Crippen molar-refractivity contribution in [3.05, 3.63) is 59.3 Å². The van der Waals surface area contributed by atoms with Crippen LogP contribution < -0.4 is 5.32 Å². The summed E-state index contributed by atoms with van der Waals surface area (Å²) in [5.74, 6) is 0.553. The first-order chi connectivity index (χ1) is 20.7. The molecular weight excluding hydrogens is 543 g/mol. The summed E-state index contributed by atoms with van der Waals surface area (Å²) in [5.41, 5.74) is 4.32. The summed E-state index contributed by atoms with van der Waals surface area (Å²) in [7, 11) is 1.76. The average molecular weight is 589 g/mol. The van der Waals surface area contributed by atoms with Gasteiger partial charge in [-0.05, 0) is 107 Å². The second-order valence-electron chi connectivity index (χ2n) is 13.3. The Morgan fingerprint density at radius 2 is 1.81 bits per heavy atom. The van der Waals surface area contributed by atoms with Gasteiger partial charge < -0.3 is 24.6 Å². The molecule has 3 aromatic rings. The van der Waals surface area contributed by atoms with Crippen molar-refractivity contribution in [1.82, 2.24) is 29.6 Å². The summed E-state index contributed by atoms with van der Waals surface area (Å²) in [6.07, 6.45) is 12.4. The molecule has 8 nitrogen and oxygen atoms in total. The van der Waals surface area contributed by atoms with E-state index in [0.29, 0.717) is 29.1 Å². The van der Waals surface area contributed by atoms with Crippen molar-refractivity contribution in [2.75, 3.05) is 39.8 Å². The van der Waals surface area contributed by atoms with E-state index >= 15 is 0 Å². The number of fused-ring (bicyclic) bond motifs is 1. The van der Waals surface area contributed by atoms with Gasteiger partial charge in [0.15, 0.2) is 0 Å². The van der Waals surface area contributed by atoms with E-state index in [0.717, 1.165) is 82.3 Å². The molecule has 4 heterocycles. The summed E-state index contributed by atoms with van der Waals surface area (Å²) in [4.78, 5) is 36.6. The Hall–Kier alpha value is -3.46. The molecule has 1 saturated carbocycles. The zero-order valence-corrected chi connectivity index (χ0v) is 26.0. The standard InChI is InChI=1S/C34H45FN6O2/c1-22(2)38(4)33(42)29-16-27(35)5-8-30(29)41-21-26(32-23(3)17-36-18-31(32)41)15-25-9-12-39(20-25)19-24-10-13-40(14-11-24)34(43)37-28-6-7-28/h5,8,16-18,21-22,24-25,28H,6-7,9-15,19-20H2,1-4H3,(H,37,43)/t25-/m0/s1. The van der Waals surface area contributed by atoms with Crippen LogP contribution in [0, 0.1) is 24.6 Å². The number of carbonyl (C=O) groups is 2. The zero-order chi connectivity index (χ0) is 30.2. The highest BCUT2D eigenvalue weighted by Gasteiger charge is 2.31. The Labute approximate surface area is 254 Å². The van der Waals surface area contributed by atoms with Crippen LogP contribution in [0.25, 0.3) is 16.6 Å². The number of pyridine rings is 1. The van der Waals surface area contributed by atoms with Crippen LogP contribution in [0.4, 0.5) is 9.18 Å². The van der Waals surface area contributed by atoms with Gasteiger partial charge in [-0.15, -0.1) is 0 Å². The molecule has 2 aromatic heterocycles. The number of carbonyl (C=O) groups excluding carboxylic acids is 2. The Kier molecular flexibility index (Phi) is 8.45. The maximum Gasteiger partial charge on any atom is 0.317 e. The van der Waals surface area contributed by atoms with E-state index in [-0.39, 0.29) is 18.0 Å². The minimum atomic E-state index is -0.423. The molecule has 2 aliphatic heterocycles. The molecule has 1 atom stereocenters. The van der Waals surface area contributed by atoms with Gasteiger partial charge in [0.05, 0.1) is 23.0 Å². The molecule has 9 heteroatoms. The molecule has 1 N–H and O–H groups in total. The SMILES string of the molecule is Cc1cncc2c1c(C[C@@H]1CCN(CC3CCN(C(=O)NC4CC4)CC3)C1)cn2-c1ccc(F)cc1C(=O)N(C)C(C)C. The fourth-order valence-corrected chi connectivity index (χ4v) is 6.84. The van der Waals surface area contributed by atoms with E-state index in [1.165, 1.54) is 23.1 Å². The molecule has 2 saturated heterocycles. The number of likely N-dealkylation sites (tertiary alicyclic amines) is 2. The second kappa shape index (κ2) is 12.3. The number of nitrogens with zero attached hydrogens (tertiary/aromatic N) is 5. The third-order valence-corrected chi connectivity index (χ3v) is 9.73. The Morgan fingerprint density at radius 1 is 1.07 bits per heavy atom. The molecule has 3 fully saturated rings. The number of nitrogens with one attached hydrogen (secondary N) is 1. The smallest absolute Gasteiger partial charge is 0.317 e. The molecular formula is C34H45FN6O2. The Balaban J connectivity index is 1.16. The van der Waals surface area contributed by atoms with E-state index < -0.39 is 5.82 Å². The monoisotopic (exact) mass is 588 g/mol. The van der Waals surface area contributed by atoms with E-state index in [9.17, 15) is 14.0 Å². The number of rotatable bonds is 8. The van der Waals surface area contributed by atoms with Gasteiger partial charge in [0.2, 0.25) is 0 Å². The normalized spacial score (nSPS) is 19.9.